The molecule has 3 saturated heterocycles. The molecule has 2 bridgehead atoms. The summed E-state index contributed by atoms with van der Waals surface area (Å²) >= 11 is 0. The number of likely N-dealkylation sites (N-methyl/N-ethyl adjacent to an activating group) is 1. The second kappa shape index (κ2) is 13.4. The predicted octanol–water partition coefficient (Wildman–Crippen LogP) is 5.54. The smallest absolute Gasteiger partial charge is 0.404 e. The first-order valence-electron chi connectivity index (χ1n) is 18.3. The average molecular weight is 682 g/mol. The molecule has 1 aromatic carbocycles. The molecule has 3 aliphatic carbocycles. The van der Waals surface area contributed by atoms with Gasteiger partial charge in [-0.2, -0.15) is 5.26 Å². The number of likely N-dealkylation sites (tertiary alicyclic amines) is 2. The summed E-state index contributed by atoms with van der Waals surface area (Å²) in [7, 11) is 1.14. The topological polar surface area (TPSA) is 98.1 Å². The highest BCUT2D eigenvalue weighted by molar-refractivity contribution is 6.48. The van der Waals surface area contributed by atoms with Crippen LogP contribution in [0.5, 0.6) is 0 Å². The van der Waals surface area contributed by atoms with Gasteiger partial charge in [0, 0.05) is 44.7 Å². The van der Waals surface area contributed by atoms with Crippen molar-refractivity contribution in [1.29, 1.82) is 5.26 Å². The molecule has 49 heavy (non-hydrogen) atoms. The number of nitriles is 1. The Morgan fingerprint density at radius 1 is 1.16 bits per heavy atom. The maximum Gasteiger partial charge on any atom is 0.482 e. The molecule has 268 valence electrons. The minimum absolute atomic E-state index is 0.0102. The molecule has 1 unspecified atom stereocenters. The maximum absolute atomic E-state index is 14.0. The van der Waals surface area contributed by atoms with Crippen molar-refractivity contribution in [3.05, 3.63) is 35.9 Å². The quantitative estimate of drug-likeness (QED) is 0.326. The zero-order valence-corrected chi connectivity index (χ0v) is 30.1. The molecular weight excluding hydrogens is 627 g/mol. The van der Waals surface area contributed by atoms with E-state index in [-0.39, 0.29) is 55.4 Å². The van der Waals surface area contributed by atoms with Gasteiger partial charge in [-0.05, 0) is 88.5 Å². The molecule has 6 aliphatic rings. The number of carbonyl (C=O) groups is 2. The van der Waals surface area contributed by atoms with Gasteiger partial charge in [0.2, 0.25) is 5.91 Å². The van der Waals surface area contributed by atoms with Crippen LogP contribution in [-0.2, 0) is 20.5 Å². The Balaban J connectivity index is 1.12. The SMILES string of the molecule is CN(C[C@H]1CCCCN1C(=O)C(C#N)CC(C)(C)N1CCC(F)(F)C1)C(=O)N[C@@H](Cc1ccccc1)B1O[C@@H]2C[C@@H]3C[C@@H](C3(C)C)[C@]2(C)O1. The number of halogens is 2. The van der Waals surface area contributed by atoms with Gasteiger partial charge in [-0.15, -0.1) is 0 Å². The molecule has 0 radical (unpaired) electrons. The van der Waals surface area contributed by atoms with Crippen molar-refractivity contribution in [3.63, 3.8) is 0 Å². The van der Waals surface area contributed by atoms with Crippen LogP contribution in [0.2, 0.25) is 0 Å². The van der Waals surface area contributed by atoms with Crippen LogP contribution in [0.25, 0.3) is 0 Å². The second-order valence-electron chi connectivity index (χ2n) is 16.9. The fourth-order valence-electron chi connectivity index (χ4n) is 9.57. The number of hydrogen-bond donors (Lipinski definition) is 1. The van der Waals surface area contributed by atoms with Gasteiger partial charge in [0.1, 0.15) is 5.92 Å². The van der Waals surface area contributed by atoms with E-state index in [0.29, 0.717) is 37.8 Å². The molecule has 0 aromatic heterocycles. The van der Waals surface area contributed by atoms with Gasteiger partial charge in [0.05, 0.1) is 30.3 Å². The Morgan fingerprint density at radius 2 is 1.90 bits per heavy atom. The van der Waals surface area contributed by atoms with Crippen LogP contribution in [0.15, 0.2) is 30.3 Å². The van der Waals surface area contributed by atoms with Gasteiger partial charge in [-0.25, -0.2) is 13.6 Å². The first-order valence-corrected chi connectivity index (χ1v) is 18.3. The molecule has 0 spiro atoms. The van der Waals surface area contributed by atoms with Crippen molar-refractivity contribution in [1.82, 2.24) is 20.0 Å². The van der Waals surface area contributed by atoms with E-state index in [2.05, 4.69) is 32.2 Å². The molecule has 3 heterocycles. The van der Waals surface area contributed by atoms with Crippen LogP contribution in [0.3, 0.4) is 0 Å². The lowest BCUT2D eigenvalue weighted by Crippen LogP contribution is -2.65. The summed E-state index contributed by atoms with van der Waals surface area (Å²) in [5, 5.41) is 13.3. The minimum atomic E-state index is -2.75. The highest BCUT2D eigenvalue weighted by Crippen LogP contribution is 2.65. The number of carbonyl (C=O) groups excluding carboxylic acids is 2. The molecule has 7 rings (SSSR count). The molecule has 9 nitrogen and oxygen atoms in total. The normalized spacial score (nSPS) is 31.7. The van der Waals surface area contributed by atoms with Crippen molar-refractivity contribution in [2.45, 2.75) is 121 Å². The van der Waals surface area contributed by atoms with Crippen LogP contribution in [0.1, 0.15) is 85.1 Å². The van der Waals surface area contributed by atoms with Gasteiger partial charge in [-0.1, -0.05) is 44.2 Å². The lowest BCUT2D eigenvalue weighted by molar-refractivity contribution is -0.199. The van der Waals surface area contributed by atoms with Gasteiger partial charge >= 0.3 is 13.1 Å². The largest absolute Gasteiger partial charge is 0.482 e. The number of rotatable bonds is 10. The third-order valence-electron chi connectivity index (χ3n) is 12.8. The number of nitrogens with one attached hydrogen (secondary N) is 1. The summed E-state index contributed by atoms with van der Waals surface area (Å²) in [6.07, 6.45) is 5.02. The van der Waals surface area contributed by atoms with Crippen molar-refractivity contribution >= 4 is 19.1 Å². The molecule has 7 atom stereocenters. The van der Waals surface area contributed by atoms with Crippen LogP contribution in [-0.4, -0.2) is 102 Å². The van der Waals surface area contributed by atoms with Crippen molar-refractivity contribution in [3.8, 4) is 6.07 Å². The number of amides is 3. The Kier molecular flexibility index (Phi) is 9.88. The van der Waals surface area contributed by atoms with Gasteiger partial charge < -0.3 is 24.4 Å². The Labute approximate surface area is 291 Å². The van der Waals surface area contributed by atoms with E-state index in [4.69, 9.17) is 9.31 Å². The van der Waals surface area contributed by atoms with E-state index in [1.54, 1.807) is 21.7 Å². The van der Waals surface area contributed by atoms with Crippen LogP contribution >= 0.6 is 0 Å². The lowest BCUT2D eigenvalue weighted by atomic mass is 9.43. The zero-order chi connectivity index (χ0) is 35.4. The molecule has 1 aromatic rings. The van der Waals surface area contributed by atoms with Crippen LogP contribution < -0.4 is 5.32 Å². The minimum Gasteiger partial charge on any atom is -0.404 e. The number of urea groups is 1. The molecule has 1 N–H and O–H groups in total. The highest BCUT2D eigenvalue weighted by atomic mass is 19.3. The van der Waals surface area contributed by atoms with Gasteiger partial charge in [-0.3, -0.25) is 9.69 Å². The average Bonchev–Trinajstić information content (AvgIpc) is 3.62. The standard InChI is InChI=1S/C37H54BF2N5O4/c1-34(2,44-17-15-37(39,40)24-44)21-26(22-41)32(46)45-16-11-10-14-28(45)23-43(6)33(47)42-31(18-25-12-8-7-9-13-25)38-48-30-20-27-19-29(35(27,3)4)36(30,5)49-38/h7-9,12-13,26-31H,10-11,14-21,23-24H2,1-6H3,(H,42,47)/t26?,27-,28+,29-,30+,31-,36-/m0/s1. The maximum atomic E-state index is 14.0. The van der Waals surface area contributed by atoms with E-state index in [0.717, 1.165) is 31.2 Å². The zero-order valence-electron chi connectivity index (χ0n) is 30.1. The van der Waals surface area contributed by atoms with Crippen LogP contribution in [0, 0.1) is 34.5 Å². The van der Waals surface area contributed by atoms with Crippen molar-refractivity contribution in [2.75, 3.05) is 33.2 Å². The van der Waals surface area contributed by atoms with E-state index >= 15 is 0 Å². The number of hydrogen-bond acceptors (Lipinski definition) is 6. The summed E-state index contributed by atoms with van der Waals surface area (Å²) < 4.78 is 41.4. The fraction of sp³-hybridized carbons (Fsp3) is 0.757. The fourth-order valence-corrected chi connectivity index (χ4v) is 9.57. The summed E-state index contributed by atoms with van der Waals surface area (Å²) in [6.45, 7) is 11.2. The number of nitrogens with zero attached hydrogens (tertiary/aromatic N) is 4. The predicted molar refractivity (Wildman–Crippen MR) is 183 cm³/mol. The molecule has 12 heteroatoms. The van der Waals surface area contributed by atoms with Crippen molar-refractivity contribution < 1.29 is 27.7 Å². The Hall–Kier alpha value is -2.75. The highest BCUT2D eigenvalue weighted by Gasteiger charge is 2.68. The van der Waals surface area contributed by atoms with Gasteiger partial charge in [0.15, 0.2) is 0 Å². The molecular formula is C37H54BF2N5O4. The third-order valence-corrected chi connectivity index (χ3v) is 12.8. The van der Waals surface area contributed by atoms with E-state index in [1.807, 2.05) is 44.2 Å². The number of alkyl halides is 2. The first kappa shape index (κ1) is 36.1. The summed E-state index contributed by atoms with van der Waals surface area (Å²) in [6, 6.07) is 11.7. The lowest BCUT2D eigenvalue weighted by Gasteiger charge is -2.64. The molecule has 6 fully saturated rings. The number of benzene rings is 1. The summed E-state index contributed by atoms with van der Waals surface area (Å²) in [4.78, 5) is 32.8. The summed E-state index contributed by atoms with van der Waals surface area (Å²) in [5.74, 6) is -3.41. The van der Waals surface area contributed by atoms with Gasteiger partial charge in [0.25, 0.3) is 5.92 Å². The van der Waals surface area contributed by atoms with Crippen molar-refractivity contribution in [2.24, 2.45) is 23.2 Å². The second-order valence-corrected chi connectivity index (χ2v) is 16.9. The van der Waals surface area contributed by atoms with E-state index in [9.17, 15) is 23.6 Å². The molecule has 3 aliphatic heterocycles. The Bertz CT molecular complexity index is 1420. The first-order chi connectivity index (χ1) is 23.0. The molecule has 3 saturated carbocycles. The van der Waals surface area contributed by atoms with Crippen LogP contribution in [0.4, 0.5) is 13.6 Å². The number of piperidine rings is 1. The third kappa shape index (κ3) is 7.09. The summed E-state index contributed by atoms with van der Waals surface area (Å²) in [5.41, 5.74) is 0.133. The Morgan fingerprint density at radius 3 is 2.55 bits per heavy atom. The molecule has 3 amide bonds. The monoisotopic (exact) mass is 681 g/mol. The van der Waals surface area contributed by atoms with E-state index in [1.165, 1.54) is 0 Å². The van der Waals surface area contributed by atoms with E-state index < -0.39 is 36.0 Å².